The standard InChI is InChI=1S/C15H18Cl2N2O4/c16-9-3-4-12(11(17)6-9)19-14(20)7-13(15(21)22)18-8-10-2-1-5-23-10/h3-4,6,10,13,18H,1-2,5,7-8H2,(H,19,20)(H,21,22)/t10-,13+/m1/s1. The van der Waals surface area contributed by atoms with Crippen molar-refractivity contribution in [2.75, 3.05) is 18.5 Å². The van der Waals surface area contributed by atoms with Crippen LogP contribution in [-0.4, -0.2) is 37.2 Å². The van der Waals surface area contributed by atoms with Crippen LogP contribution in [0, 0.1) is 0 Å². The molecule has 0 aliphatic carbocycles. The van der Waals surface area contributed by atoms with Gasteiger partial charge in [0, 0.05) is 11.6 Å². The van der Waals surface area contributed by atoms with Crippen LogP contribution in [-0.2, 0) is 14.3 Å². The van der Waals surface area contributed by atoms with Crippen LogP contribution in [0.15, 0.2) is 18.2 Å². The zero-order valence-electron chi connectivity index (χ0n) is 12.4. The van der Waals surface area contributed by atoms with E-state index in [-0.39, 0.29) is 12.5 Å². The van der Waals surface area contributed by atoms with Crippen molar-refractivity contribution in [2.45, 2.75) is 31.4 Å². The molecule has 1 heterocycles. The number of anilines is 1. The highest BCUT2D eigenvalue weighted by molar-refractivity contribution is 6.36. The molecule has 3 N–H and O–H groups in total. The molecule has 23 heavy (non-hydrogen) atoms. The number of nitrogens with one attached hydrogen (secondary N) is 1. The zero-order valence-corrected chi connectivity index (χ0v) is 13.9. The molecule has 0 saturated carbocycles. The van der Waals surface area contributed by atoms with Gasteiger partial charge in [0.05, 0.1) is 23.1 Å². The zero-order chi connectivity index (χ0) is 16.8. The Morgan fingerprint density at radius 2 is 2.22 bits per heavy atom. The van der Waals surface area contributed by atoms with Crippen LogP contribution in [0.1, 0.15) is 19.3 Å². The molecule has 0 spiro atoms. The second-order valence-corrected chi connectivity index (χ2v) is 6.25. The van der Waals surface area contributed by atoms with E-state index >= 15 is 0 Å². The number of ether oxygens (including phenoxy) is 1. The van der Waals surface area contributed by atoms with Gasteiger partial charge in [0.15, 0.2) is 0 Å². The Bertz CT molecular complexity index is 577. The first-order valence-corrected chi connectivity index (χ1v) is 8.12. The van der Waals surface area contributed by atoms with Crippen molar-refractivity contribution >= 4 is 40.8 Å². The Labute approximate surface area is 144 Å². The molecule has 126 valence electrons. The lowest BCUT2D eigenvalue weighted by Gasteiger charge is -2.18. The van der Waals surface area contributed by atoms with Gasteiger partial charge >= 0.3 is 0 Å². The molecule has 2 rings (SSSR count). The fourth-order valence-corrected chi connectivity index (χ4v) is 2.86. The smallest absolute Gasteiger partial charge is 0.230 e. The summed E-state index contributed by atoms with van der Waals surface area (Å²) in [6.45, 7) is 1.19. The van der Waals surface area contributed by atoms with E-state index in [1.165, 1.54) is 6.07 Å². The molecule has 0 bridgehead atoms. The van der Waals surface area contributed by atoms with Crippen LogP contribution in [0.2, 0.25) is 10.0 Å². The van der Waals surface area contributed by atoms with E-state index < -0.39 is 17.9 Å². The van der Waals surface area contributed by atoms with Crippen molar-refractivity contribution in [3.63, 3.8) is 0 Å². The number of carbonyl (C=O) groups excluding carboxylic acids is 2. The van der Waals surface area contributed by atoms with E-state index in [0.717, 1.165) is 12.8 Å². The first-order chi connectivity index (χ1) is 11.0. The number of carbonyl (C=O) groups is 2. The Hall–Kier alpha value is -1.34. The van der Waals surface area contributed by atoms with Crippen molar-refractivity contribution in [1.82, 2.24) is 0 Å². The number of nitrogens with two attached hydrogens (primary N) is 1. The molecular weight excluding hydrogens is 343 g/mol. The van der Waals surface area contributed by atoms with Gasteiger partial charge in [-0.05, 0) is 31.0 Å². The lowest BCUT2D eigenvalue weighted by atomic mass is 10.1. The predicted molar refractivity (Wildman–Crippen MR) is 84.3 cm³/mol. The van der Waals surface area contributed by atoms with Crippen molar-refractivity contribution in [3.05, 3.63) is 28.2 Å². The maximum Gasteiger partial charge on any atom is 0.230 e. The summed E-state index contributed by atoms with van der Waals surface area (Å²) in [4.78, 5) is 23.2. The fraction of sp³-hybridized carbons (Fsp3) is 0.467. The molecule has 1 aliphatic rings. The number of amides is 1. The largest absolute Gasteiger partial charge is 0.544 e. The molecule has 0 unspecified atom stereocenters. The SMILES string of the molecule is O=C(C[C@H]([NH2+]C[C@H]1CCCO1)C(=O)[O-])Nc1ccc(Cl)cc1Cl. The first kappa shape index (κ1) is 18.0. The van der Waals surface area contributed by atoms with Gasteiger partial charge in [-0.3, -0.25) is 4.79 Å². The number of hydrogen-bond donors (Lipinski definition) is 2. The number of carboxylic acid groups (broad SMARTS) is 1. The molecule has 1 amide bonds. The number of hydrogen-bond acceptors (Lipinski definition) is 4. The molecule has 1 aromatic carbocycles. The third-order valence-electron chi connectivity index (χ3n) is 3.62. The molecule has 1 saturated heterocycles. The van der Waals surface area contributed by atoms with E-state index in [2.05, 4.69) is 5.32 Å². The van der Waals surface area contributed by atoms with E-state index in [9.17, 15) is 14.7 Å². The average molecular weight is 361 g/mol. The highest BCUT2D eigenvalue weighted by atomic mass is 35.5. The summed E-state index contributed by atoms with van der Waals surface area (Å²) in [5.41, 5.74) is 0.386. The molecule has 1 aromatic rings. The highest BCUT2D eigenvalue weighted by Crippen LogP contribution is 2.25. The van der Waals surface area contributed by atoms with Crippen LogP contribution in [0.25, 0.3) is 0 Å². The van der Waals surface area contributed by atoms with Gasteiger partial charge < -0.3 is 25.3 Å². The molecular formula is C15H18Cl2N2O4. The van der Waals surface area contributed by atoms with Crippen LogP contribution in [0.4, 0.5) is 5.69 Å². The predicted octanol–water partition coefficient (Wildman–Crippen LogP) is 0.183. The van der Waals surface area contributed by atoms with E-state index in [0.29, 0.717) is 28.9 Å². The van der Waals surface area contributed by atoms with Gasteiger partial charge in [-0.2, -0.15) is 0 Å². The molecule has 2 atom stereocenters. The number of aliphatic carboxylic acids is 1. The van der Waals surface area contributed by atoms with Crippen LogP contribution in [0.5, 0.6) is 0 Å². The minimum absolute atomic E-state index is 0.0330. The van der Waals surface area contributed by atoms with Gasteiger partial charge in [0.1, 0.15) is 18.7 Å². The number of rotatable bonds is 7. The number of quaternary nitrogens is 1. The summed E-state index contributed by atoms with van der Waals surface area (Å²) in [6, 6.07) is 3.68. The van der Waals surface area contributed by atoms with Crippen molar-refractivity contribution in [1.29, 1.82) is 0 Å². The van der Waals surface area contributed by atoms with Crippen LogP contribution < -0.4 is 15.7 Å². The molecule has 8 heteroatoms. The average Bonchev–Trinajstić information content (AvgIpc) is 2.99. The third kappa shape index (κ3) is 5.66. The topological polar surface area (TPSA) is 95.1 Å². The summed E-state index contributed by atoms with van der Waals surface area (Å²) in [6.07, 6.45) is 1.70. The van der Waals surface area contributed by atoms with Crippen LogP contribution in [0.3, 0.4) is 0 Å². The first-order valence-electron chi connectivity index (χ1n) is 7.36. The minimum Gasteiger partial charge on any atom is -0.544 e. The van der Waals surface area contributed by atoms with E-state index in [1.807, 2.05) is 0 Å². The van der Waals surface area contributed by atoms with Gasteiger partial charge in [0.2, 0.25) is 5.91 Å². The maximum atomic E-state index is 12.0. The fourth-order valence-electron chi connectivity index (χ4n) is 2.40. The summed E-state index contributed by atoms with van der Waals surface area (Å²) >= 11 is 11.8. The minimum atomic E-state index is -1.28. The van der Waals surface area contributed by atoms with Crippen LogP contribution >= 0.6 is 23.2 Å². The molecule has 0 radical (unpaired) electrons. The molecule has 0 aromatic heterocycles. The Kier molecular flexibility index (Phi) is 6.65. The monoisotopic (exact) mass is 360 g/mol. The molecule has 1 fully saturated rings. The summed E-state index contributed by atoms with van der Waals surface area (Å²) in [5.74, 6) is -1.73. The van der Waals surface area contributed by atoms with Crippen molar-refractivity contribution in [3.8, 4) is 0 Å². The van der Waals surface area contributed by atoms with Gasteiger partial charge in [-0.25, -0.2) is 0 Å². The summed E-state index contributed by atoms with van der Waals surface area (Å²) in [5, 5.41) is 16.1. The van der Waals surface area contributed by atoms with Gasteiger partial charge in [0.25, 0.3) is 0 Å². The lowest BCUT2D eigenvalue weighted by molar-refractivity contribution is -0.687. The maximum absolute atomic E-state index is 12.0. The second kappa shape index (κ2) is 8.49. The van der Waals surface area contributed by atoms with Crippen molar-refractivity contribution < 1.29 is 24.7 Å². The van der Waals surface area contributed by atoms with E-state index in [4.69, 9.17) is 27.9 Å². The summed E-state index contributed by atoms with van der Waals surface area (Å²) < 4.78 is 5.44. The van der Waals surface area contributed by atoms with E-state index in [1.54, 1.807) is 17.4 Å². The Morgan fingerprint density at radius 1 is 1.43 bits per heavy atom. The molecule has 6 nitrogen and oxygen atoms in total. The number of benzene rings is 1. The number of halogens is 2. The lowest BCUT2D eigenvalue weighted by Crippen LogP contribution is -2.94. The van der Waals surface area contributed by atoms with Crippen molar-refractivity contribution in [2.24, 2.45) is 0 Å². The normalized spacial score (nSPS) is 18.6. The van der Waals surface area contributed by atoms with Gasteiger partial charge in [-0.1, -0.05) is 23.2 Å². The molecule has 1 aliphatic heterocycles. The Morgan fingerprint density at radius 3 is 2.83 bits per heavy atom. The quantitative estimate of drug-likeness (QED) is 0.725. The second-order valence-electron chi connectivity index (χ2n) is 5.41. The number of carboxylic acids is 1. The Balaban J connectivity index is 1.88. The third-order valence-corrected chi connectivity index (χ3v) is 4.17. The summed E-state index contributed by atoms with van der Waals surface area (Å²) in [7, 11) is 0. The van der Waals surface area contributed by atoms with Gasteiger partial charge in [-0.15, -0.1) is 0 Å². The highest BCUT2D eigenvalue weighted by Gasteiger charge is 2.23.